The van der Waals surface area contributed by atoms with Gasteiger partial charge in [0.1, 0.15) is 34.1 Å². The van der Waals surface area contributed by atoms with Gasteiger partial charge in [0.25, 0.3) is 0 Å². The number of fused-ring (bicyclic) bond motifs is 3. The minimum absolute atomic E-state index is 0.374. The second kappa shape index (κ2) is 9.11. The van der Waals surface area contributed by atoms with Crippen molar-refractivity contribution in [3.8, 4) is 22.9 Å². The molecule has 172 valence electrons. The zero-order valence-corrected chi connectivity index (χ0v) is 19.8. The highest BCUT2D eigenvalue weighted by molar-refractivity contribution is 7.20. The lowest BCUT2D eigenvalue weighted by Gasteiger charge is -2.08. The molecule has 0 amide bonds. The molecular weight excluding hydrogens is 452 g/mol. The number of nitrogens with zero attached hydrogens (tertiary/aromatic N) is 4. The van der Waals surface area contributed by atoms with E-state index in [1.165, 1.54) is 18.4 Å². The van der Waals surface area contributed by atoms with Gasteiger partial charge in [-0.3, -0.25) is 0 Å². The summed E-state index contributed by atoms with van der Waals surface area (Å²) >= 11 is 1.30. The van der Waals surface area contributed by atoms with Crippen molar-refractivity contribution in [3.05, 3.63) is 70.9 Å². The Kier molecular flexibility index (Phi) is 5.85. The fourth-order valence-electron chi connectivity index (χ4n) is 3.66. The number of carbonyl (C=O) groups excluding carboxylic acids is 1. The van der Waals surface area contributed by atoms with Crippen LogP contribution >= 0.6 is 11.3 Å². The molecule has 3 heterocycles. The van der Waals surface area contributed by atoms with Gasteiger partial charge < -0.3 is 14.2 Å². The quantitative estimate of drug-likeness (QED) is 0.304. The lowest BCUT2D eigenvalue weighted by molar-refractivity contribution is 0.0605. The molecule has 0 fully saturated rings. The van der Waals surface area contributed by atoms with Gasteiger partial charge in [-0.1, -0.05) is 24.3 Å². The molecule has 34 heavy (non-hydrogen) atoms. The van der Waals surface area contributed by atoms with Gasteiger partial charge >= 0.3 is 5.97 Å². The Morgan fingerprint density at radius 1 is 1.03 bits per heavy atom. The van der Waals surface area contributed by atoms with Gasteiger partial charge in [0.05, 0.1) is 19.1 Å². The summed E-state index contributed by atoms with van der Waals surface area (Å²) in [4.78, 5) is 22.5. The van der Waals surface area contributed by atoms with E-state index in [1.807, 2.05) is 62.4 Å². The molecule has 5 rings (SSSR count). The first-order chi connectivity index (χ1) is 16.6. The smallest absolute Gasteiger partial charge is 0.348 e. The van der Waals surface area contributed by atoms with Gasteiger partial charge in [-0.25, -0.2) is 19.3 Å². The van der Waals surface area contributed by atoms with Crippen LogP contribution in [0.1, 0.15) is 27.7 Å². The van der Waals surface area contributed by atoms with Crippen LogP contribution in [0.25, 0.3) is 27.3 Å². The predicted octanol–water partition coefficient (Wildman–Crippen LogP) is 5.08. The van der Waals surface area contributed by atoms with Crippen molar-refractivity contribution in [3.63, 3.8) is 0 Å². The van der Waals surface area contributed by atoms with Crippen LogP contribution in [0.15, 0.2) is 54.9 Å². The van der Waals surface area contributed by atoms with E-state index in [2.05, 4.69) is 10.1 Å². The molecule has 0 unspecified atom stereocenters. The SMILES string of the molecule is CCOc1ccc(OCc2ccc(-c3nc4c5c(C)c(C(=O)OC)sc5ncn4n3)cc2)cc1. The Labute approximate surface area is 199 Å². The summed E-state index contributed by atoms with van der Waals surface area (Å²) in [6, 6.07) is 15.5. The average molecular weight is 475 g/mol. The Hall–Kier alpha value is -3.98. The number of ether oxygens (including phenoxy) is 3. The fraction of sp³-hybridized carbons (Fsp3) is 0.200. The van der Waals surface area contributed by atoms with Crippen molar-refractivity contribution >= 4 is 33.2 Å². The van der Waals surface area contributed by atoms with Gasteiger partial charge in [0.2, 0.25) is 0 Å². The molecule has 0 saturated carbocycles. The third kappa shape index (κ3) is 4.06. The number of methoxy groups -OCH3 is 1. The van der Waals surface area contributed by atoms with Crippen molar-refractivity contribution in [1.82, 2.24) is 19.6 Å². The summed E-state index contributed by atoms with van der Waals surface area (Å²) < 4.78 is 17.9. The van der Waals surface area contributed by atoms with E-state index >= 15 is 0 Å². The van der Waals surface area contributed by atoms with Crippen LogP contribution in [-0.4, -0.2) is 39.3 Å². The van der Waals surface area contributed by atoms with E-state index in [0.29, 0.717) is 29.6 Å². The highest BCUT2D eigenvalue weighted by Gasteiger charge is 2.20. The van der Waals surface area contributed by atoms with E-state index in [-0.39, 0.29) is 5.97 Å². The van der Waals surface area contributed by atoms with Gasteiger partial charge in [-0.15, -0.1) is 16.4 Å². The Bertz CT molecular complexity index is 1470. The molecule has 8 nitrogen and oxygen atoms in total. The maximum Gasteiger partial charge on any atom is 0.348 e. The number of aromatic nitrogens is 4. The highest BCUT2D eigenvalue weighted by Crippen LogP contribution is 2.33. The molecule has 0 N–H and O–H groups in total. The van der Waals surface area contributed by atoms with Crippen LogP contribution in [0, 0.1) is 6.92 Å². The van der Waals surface area contributed by atoms with E-state index < -0.39 is 0 Å². The first kappa shape index (κ1) is 21.8. The first-order valence-electron chi connectivity index (χ1n) is 10.7. The van der Waals surface area contributed by atoms with Crippen molar-refractivity contribution in [2.45, 2.75) is 20.5 Å². The summed E-state index contributed by atoms with van der Waals surface area (Å²) in [6.07, 6.45) is 1.62. The molecule has 9 heteroatoms. The lowest BCUT2D eigenvalue weighted by Crippen LogP contribution is -1.99. The summed E-state index contributed by atoms with van der Waals surface area (Å²) in [5.41, 5.74) is 3.36. The molecule has 0 aliphatic carbocycles. The molecule has 5 aromatic rings. The molecule has 0 aliphatic heterocycles. The summed E-state index contributed by atoms with van der Waals surface area (Å²) in [5.74, 6) is 1.81. The van der Waals surface area contributed by atoms with Crippen LogP contribution in [0.3, 0.4) is 0 Å². The number of thiophene rings is 1. The largest absolute Gasteiger partial charge is 0.494 e. The van der Waals surface area contributed by atoms with Crippen molar-refractivity contribution in [2.24, 2.45) is 0 Å². The third-order valence-corrected chi connectivity index (χ3v) is 6.57. The Morgan fingerprint density at radius 3 is 2.41 bits per heavy atom. The first-order valence-corrected chi connectivity index (χ1v) is 11.6. The van der Waals surface area contributed by atoms with Gasteiger partial charge in [0, 0.05) is 5.56 Å². The Morgan fingerprint density at radius 2 is 1.74 bits per heavy atom. The Balaban J connectivity index is 1.37. The van der Waals surface area contributed by atoms with E-state index in [9.17, 15) is 4.79 Å². The number of aryl methyl sites for hydroxylation is 1. The minimum Gasteiger partial charge on any atom is -0.494 e. The number of esters is 1. The fourth-order valence-corrected chi connectivity index (χ4v) is 4.72. The lowest BCUT2D eigenvalue weighted by atomic mass is 10.1. The van der Waals surface area contributed by atoms with Crippen LogP contribution in [0.2, 0.25) is 0 Å². The van der Waals surface area contributed by atoms with E-state index in [4.69, 9.17) is 19.2 Å². The molecule has 2 aromatic carbocycles. The third-order valence-electron chi connectivity index (χ3n) is 5.39. The summed E-state index contributed by atoms with van der Waals surface area (Å²) in [7, 11) is 1.37. The number of benzene rings is 2. The standard InChI is InChI=1S/C25H22N4O4S/c1-4-32-18-9-11-19(12-10-18)33-13-16-5-7-17(8-6-16)22-27-23-20-15(2)21(25(30)31-3)34-24(20)26-14-29(23)28-22/h5-12,14H,4,13H2,1-3H3. The second-order valence-corrected chi connectivity index (χ2v) is 8.57. The monoisotopic (exact) mass is 474 g/mol. The zero-order valence-electron chi connectivity index (χ0n) is 18.9. The maximum atomic E-state index is 12.1. The molecule has 0 bridgehead atoms. The molecule has 0 aliphatic rings. The van der Waals surface area contributed by atoms with Crippen molar-refractivity contribution in [2.75, 3.05) is 13.7 Å². The van der Waals surface area contributed by atoms with Crippen LogP contribution in [-0.2, 0) is 11.3 Å². The summed E-state index contributed by atoms with van der Waals surface area (Å²) in [5, 5.41) is 5.40. The predicted molar refractivity (Wildman–Crippen MR) is 130 cm³/mol. The summed E-state index contributed by atoms with van der Waals surface area (Å²) in [6.45, 7) is 4.91. The van der Waals surface area contributed by atoms with E-state index in [1.54, 1.807) is 10.8 Å². The number of hydrogen-bond donors (Lipinski definition) is 0. The molecule has 0 radical (unpaired) electrons. The topological polar surface area (TPSA) is 87.8 Å². The molecular formula is C25H22N4O4S. The maximum absolute atomic E-state index is 12.1. The van der Waals surface area contributed by atoms with E-state index in [0.717, 1.165) is 38.4 Å². The van der Waals surface area contributed by atoms with Gasteiger partial charge in [-0.2, -0.15) is 0 Å². The molecule has 3 aromatic heterocycles. The normalized spacial score (nSPS) is 11.1. The van der Waals surface area contributed by atoms with Crippen molar-refractivity contribution in [1.29, 1.82) is 0 Å². The minimum atomic E-state index is -0.374. The molecule has 0 spiro atoms. The molecule has 0 saturated heterocycles. The van der Waals surface area contributed by atoms with Gasteiger partial charge in [0.15, 0.2) is 11.5 Å². The second-order valence-electron chi connectivity index (χ2n) is 7.57. The number of hydrogen-bond acceptors (Lipinski definition) is 8. The van der Waals surface area contributed by atoms with Crippen molar-refractivity contribution < 1.29 is 19.0 Å². The zero-order chi connectivity index (χ0) is 23.7. The number of rotatable bonds is 7. The average Bonchev–Trinajstić information content (AvgIpc) is 3.44. The van der Waals surface area contributed by atoms with Gasteiger partial charge in [-0.05, 0) is 49.2 Å². The molecule has 0 atom stereocenters. The highest BCUT2D eigenvalue weighted by atomic mass is 32.1. The van der Waals surface area contributed by atoms with Crippen LogP contribution < -0.4 is 9.47 Å². The van der Waals surface area contributed by atoms with Crippen LogP contribution in [0.4, 0.5) is 0 Å². The number of carbonyl (C=O) groups is 1. The van der Waals surface area contributed by atoms with Crippen LogP contribution in [0.5, 0.6) is 11.5 Å².